The number of para-hydroxylation sites is 1. The number of nitrogens with one attached hydrogen (secondary N) is 1. The number of nitrogens with zero attached hydrogens (tertiary/aromatic N) is 3. The van der Waals surface area contributed by atoms with E-state index >= 15 is 0 Å². The summed E-state index contributed by atoms with van der Waals surface area (Å²) in [5.41, 5.74) is 2.44. The monoisotopic (exact) mass is 416 g/mol. The van der Waals surface area contributed by atoms with Crippen molar-refractivity contribution in [1.29, 1.82) is 0 Å². The first-order valence-corrected chi connectivity index (χ1v) is 10.9. The molecule has 6 heteroatoms. The van der Waals surface area contributed by atoms with Crippen molar-refractivity contribution >= 4 is 11.7 Å². The van der Waals surface area contributed by atoms with Gasteiger partial charge >= 0.3 is 0 Å². The number of aromatic nitrogens is 2. The highest BCUT2D eigenvalue weighted by molar-refractivity contribution is 5.79. The fourth-order valence-corrected chi connectivity index (χ4v) is 3.77. The highest BCUT2D eigenvalue weighted by atomic mass is 16.5. The molecule has 0 aliphatic carbocycles. The van der Waals surface area contributed by atoms with E-state index in [4.69, 9.17) is 4.74 Å². The van der Waals surface area contributed by atoms with Crippen LogP contribution in [0.1, 0.15) is 30.9 Å². The quantitative estimate of drug-likeness (QED) is 0.620. The van der Waals surface area contributed by atoms with Crippen molar-refractivity contribution in [3.63, 3.8) is 0 Å². The number of hydrogen-bond acceptors (Lipinski definition) is 5. The molecule has 31 heavy (non-hydrogen) atoms. The molecule has 1 N–H and O–H groups in total. The van der Waals surface area contributed by atoms with Gasteiger partial charge in [-0.2, -0.15) is 0 Å². The highest BCUT2D eigenvalue weighted by Gasteiger charge is 2.25. The van der Waals surface area contributed by atoms with Gasteiger partial charge in [-0.15, -0.1) is 0 Å². The number of amides is 1. The molecule has 0 atom stereocenters. The van der Waals surface area contributed by atoms with Crippen LogP contribution in [0.15, 0.2) is 67.0 Å². The maximum absolute atomic E-state index is 12.6. The average molecular weight is 417 g/mol. The van der Waals surface area contributed by atoms with Crippen LogP contribution in [-0.2, 0) is 17.8 Å². The molecule has 0 radical (unpaired) electrons. The number of aryl methyl sites for hydroxylation is 1. The predicted molar refractivity (Wildman–Crippen MR) is 121 cm³/mol. The molecule has 0 unspecified atom stereocenters. The molecule has 1 aliphatic rings. The SMILES string of the molecule is CCc1ccc(CNC(=O)C2CCN(c3cc(Oc4ccccc4)ncn3)CC2)cc1. The van der Waals surface area contributed by atoms with E-state index in [1.807, 2.05) is 36.4 Å². The molecular weight excluding hydrogens is 388 g/mol. The Kier molecular flexibility index (Phi) is 6.77. The third-order valence-electron chi connectivity index (χ3n) is 5.68. The van der Waals surface area contributed by atoms with Crippen molar-refractivity contribution in [2.24, 2.45) is 5.92 Å². The first kappa shape index (κ1) is 20.8. The van der Waals surface area contributed by atoms with Crippen molar-refractivity contribution in [2.45, 2.75) is 32.7 Å². The molecular formula is C25H28N4O2. The van der Waals surface area contributed by atoms with E-state index in [2.05, 4.69) is 51.4 Å². The summed E-state index contributed by atoms with van der Waals surface area (Å²) in [5, 5.41) is 3.09. The topological polar surface area (TPSA) is 67.4 Å². The Morgan fingerprint density at radius 2 is 1.74 bits per heavy atom. The van der Waals surface area contributed by atoms with Crippen LogP contribution in [0.5, 0.6) is 11.6 Å². The standard InChI is InChI=1S/C25H28N4O2/c1-2-19-8-10-20(11-9-19)17-26-25(30)21-12-14-29(15-13-21)23-16-24(28-18-27-23)31-22-6-4-3-5-7-22/h3-11,16,18,21H,2,12-15,17H2,1H3,(H,26,30). The smallest absolute Gasteiger partial charge is 0.224 e. The maximum Gasteiger partial charge on any atom is 0.224 e. The Bertz CT molecular complexity index is 984. The number of rotatable bonds is 7. The summed E-state index contributed by atoms with van der Waals surface area (Å²) in [4.78, 5) is 23.4. The van der Waals surface area contributed by atoms with Crippen LogP contribution in [-0.4, -0.2) is 29.0 Å². The van der Waals surface area contributed by atoms with E-state index < -0.39 is 0 Å². The van der Waals surface area contributed by atoms with Crippen LogP contribution in [0, 0.1) is 5.92 Å². The van der Waals surface area contributed by atoms with Crippen molar-refractivity contribution < 1.29 is 9.53 Å². The van der Waals surface area contributed by atoms with Gasteiger partial charge in [0.25, 0.3) is 0 Å². The zero-order valence-corrected chi connectivity index (χ0v) is 17.8. The third-order valence-corrected chi connectivity index (χ3v) is 5.68. The lowest BCUT2D eigenvalue weighted by Crippen LogP contribution is -2.40. The summed E-state index contributed by atoms with van der Waals surface area (Å²) in [6.07, 6.45) is 4.16. The summed E-state index contributed by atoms with van der Waals surface area (Å²) in [6, 6.07) is 19.9. The van der Waals surface area contributed by atoms with Gasteiger partial charge in [0, 0.05) is 31.6 Å². The van der Waals surface area contributed by atoms with E-state index in [0.29, 0.717) is 12.4 Å². The lowest BCUT2D eigenvalue weighted by atomic mass is 9.96. The van der Waals surface area contributed by atoms with Gasteiger partial charge < -0.3 is 15.0 Å². The molecule has 160 valence electrons. The van der Waals surface area contributed by atoms with Gasteiger partial charge in [-0.05, 0) is 42.5 Å². The second kappa shape index (κ2) is 10.1. The summed E-state index contributed by atoms with van der Waals surface area (Å²) in [7, 11) is 0. The van der Waals surface area contributed by atoms with E-state index in [9.17, 15) is 4.79 Å². The van der Waals surface area contributed by atoms with Gasteiger partial charge in [-0.25, -0.2) is 9.97 Å². The van der Waals surface area contributed by atoms with Crippen molar-refractivity contribution in [3.05, 3.63) is 78.1 Å². The van der Waals surface area contributed by atoms with Crippen LogP contribution in [0.25, 0.3) is 0 Å². The number of carbonyl (C=O) groups is 1. The first-order valence-electron chi connectivity index (χ1n) is 10.9. The summed E-state index contributed by atoms with van der Waals surface area (Å²) in [5.74, 6) is 2.26. The van der Waals surface area contributed by atoms with Crippen molar-refractivity contribution in [3.8, 4) is 11.6 Å². The highest BCUT2D eigenvalue weighted by Crippen LogP contribution is 2.25. The van der Waals surface area contributed by atoms with Gasteiger partial charge in [0.1, 0.15) is 17.9 Å². The van der Waals surface area contributed by atoms with Crippen LogP contribution < -0.4 is 15.0 Å². The van der Waals surface area contributed by atoms with E-state index in [-0.39, 0.29) is 11.8 Å². The van der Waals surface area contributed by atoms with Crippen LogP contribution in [0.3, 0.4) is 0 Å². The van der Waals surface area contributed by atoms with Gasteiger partial charge in [0.15, 0.2) is 0 Å². The minimum absolute atomic E-state index is 0.0352. The van der Waals surface area contributed by atoms with Crippen LogP contribution >= 0.6 is 0 Å². The number of ether oxygens (including phenoxy) is 1. The van der Waals surface area contributed by atoms with E-state index in [1.54, 1.807) is 0 Å². The summed E-state index contributed by atoms with van der Waals surface area (Å²) < 4.78 is 5.82. The Morgan fingerprint density at radius 3 is 2.45 bits per heavy atom. The Hall–Kier alpha value is -3.41. The average Bonchev–Trinajstić information content (AvgIpc) is 2.84. The molecule has 1 saturated heterocycles. The lowest BCUT2D eigenvalue weighted by molar-refractivity contribution is -0.125. The largest absolute Gasteiger partial charge is 0.439 e. The second-order valence-corrected chi connectivity index (χ2v) is 7.78. The summed E-state index contributed by atoms with van der Waals surface area (Å²) in [6.45, 7) is 4.28. The van der Waals surface area contributed by atoms with Gasteiger partial charge in [0.2, 0.25) is 11.8 Å². The van der Waals surface area contributed by atoms with Crippen LogP contribution in [0.2, 0.25) is 0 Å². The molecule has 1 fully saturated rings. The molecule has 6 nitrogen and oxygen atoms in total. The Morgan fingerprint density at radius 1 is 1.03 bits per heavy atom. The van der Waals surface area contributed by atoms with Gasteiger partial charge in [-0.1, -0.05) is 49.4 Å². The molecule has 0 saturated carbocycles. The number of carbonyl (C=O) groups excluding carboxylic acids is 1. The minimum Gasteiger partial charge on any atom is -0.439 e. The van der Waals surface area contributed by atoms with Gasteiger partial charge in [0.05, 0.1) is 0 Å². The molecule has 3 aromatic rings. The second-order valence-electron chi connectivity index (χ2n) is 7.78. The molecule has 4 rings (SSSR count). The van der Waals surface area contributed by atoms with Crippen LogP contribution in [0.4, 0.5) is 5.82 Å². The number of piperidine rings is 1. The number of hydrogen-bond donors (Lipinski definition) is 1. The molecule has 0 spiro atoms. The molecule has 0 bridgehead atoms. The van der Waals surface area contributed by atoms with Crippen molar-refractivity contribution in [1.82, 2.24) is 15.3 Å². The van der Waals surface area contributed by atoms with E-state index in [1.165, 1.54) is 11.9 Å². The zero-order chi connectivity index (χ0) is 21.5. The van der Waals surface area contributed by atoms with Gasteiger partial charge in [-0.3, -0.25) is 4.79 Å². The predicted octanol–water partition coefficient (Wildman–Crippen LogP) is 4.36. The summed E-state index contributed by atoms with van der Waals surface area (Å²) >= 11 is 0. The molecule has 2 heterocycles. The molecule has 1 aliphatic heterocycles. The molecule has 1 amide bonds. The minimum atomic E-state index is 0.0352. The normalized spacial score (nSPS) is 14.3. The number of anilines is 1. The fourth-order valence-electron chi connectivity index (χ4n) is 3.77. The van der Waals surface area contributed by atoms with E-state index in [0.717, 1.165) is 49.5 Å². The van der Waals surface area contributed by atoms with Crippen molar-refractivity contribution in [2.75, 3.05) is 18.0 Å². The third kappa shape index (κ3) is 5.60. The number of benzene rings is 2. The fraction of sp³-hybridized carbons (Fsp3) is 0.320. The zero-order valence-electron chi connectivity index (χ0n) is 17.8. The Balaban J connectivity index is 1.28. The lowest BCUT2D eigenvalue weighted by Gasteiger charge is -2.32. The molecule has 1 aromatic heterocycles. The molecule has 2 aromatic carbocycles. The maximum atomic E-state index is 12.6. The Labute approximate surface area is 183 Å². The first-order chi connectivity index (χ1) is 15.2.